The van der Waals surface area contributed by atoms with E-state index in [1.54, 1.807) is 38.9 Å². The fraction of sp³-hybridized carbons (Fsp3) is 0.581. The Kier molecular flexibility index (Phi) is 9.02. The van der Waals surface area contributed by atoms with Crippen molar-refractivity contribution in [2.45, 2.75) is 157 Å². The van der Waals surface area contributed by atoms with Crippen molar-refractivity contribution in [3.05, 3.63) is 85.5 Å². The van der Waals surface area contributed by atoms with Crippen LogP contribution < -0.4 is 15.5 Å². The van der Waals surface area contributed by atoms with E-state index in [0.29, 0.717) is 41.5 Å². The summed E-state index contributed by atoms with van der Waals surface area (Å²) < 4.78 is 0. The van der Waals surface area contributed by atoms with Crippen LogP contribution in [-0.2, 0) is 25.9 Å². The molecule has 0 saturated heterocycles. The molecule has 3 aromatic rings. The highest BCUT2D eigenvalue weighted by molar-refractivity contribution is 5.77. The van der Waals surface area contributed by atoms with Crippen LogP contribution in [-0.4, -0.2) is 6.54 Å². The minimum absolute atomic E-state index is 0.295. The van der Waals surface area contributed by atoms with E-state index in [1.165, 1.54) is 45.7 Å². The SMILES string of the molecule is CCC(C)c1ccc(C(C)C)c2c1CN(c1cc(C(C)C)c3c(c1C(C)C)CC(c1cc(C(C)C)c4c(c1C(C)C)NCC4)N3)C2. The van der Waals surface area contributed by atoms with Gasteiger partial charge in [-0.05, 0) is 122 Å². The number of anilines is 3. The second-order valence-corrected chi connectivity index (χ2v) is 16.3. The molecule has 2 N–H and O–H groups in total. The van der Waals surface area contributed by atoms with E-state index >= 15 is 0 Å². The molecule has 248 valence electrons. The average molecular weight is 620 g/mol. The Morgan fingerprint density at radius 2 is 1.26 bits per heavy atom. The third-order valence-electron chi connectivity index (χ3n) is 11.5. The molecule has 3 aliphatic rings. The van der Waals surface area contributed by atoms with Crippen LogP contribution in [0.5, 0.6) is 0 Å². The summed E-state index contributed by atoms with van der Waals surface area (Å²) in [5.41, 5.74) is 21.4. The molecule has 3 aliphatic heterocycles. The van der Waals surface area contributed by atoms with Gasteiger partial charge in [0.2, 0.25) is 0 Å². The Morgan fingerprint density at radius 1 is 0.652 bits per heavy atom. The molecule has 3 heteroatoms. The molecular weight excluding hydrogens is 558 g/mol. The maximum atomic E-state index is 4.19. The van der Waals surface area contributed by atoms with E-state index in [4.69, 9.17) is 0 Å². The van der Waals surface area contributed by atoms with Gasteiger partial charge >= 0.3 is 0 Å². The molecule has 0 radical (unpaired) electrons. The first kappa shape index (κ1) is 33.0. The number of benzene rings is 3. The topological polar surface area (TPSA) is 27.3 Å². The van der Waals surface area contributed by atoms with Crippen molar-refractivity contribution in [1.82, 2.24) is 0 Å². The van der Waals surface area contributed by atoms with Gasteiger partial charge in [-0.25, -0.2) is 0 Å². The fourth-order valence-corrected chi connectivity index (χ4v) is 9.05. The first-order valence-corrected chi connectivity index (χ1v) is 18.6. The molecular formula is C43H61N3. The fourth-order valence-electron chi connectivity index (χ4n) is 9.05. The lowest BCUT2D eigenvalue weighted by molar-refractivity contribution is 0.720. The molecule has 2 unspecified atom stereocenters. The molecule has 3 aromatic carbocycles. The summed E-state index contributed by atoms with van der Waals surface area (Å²) in [4.78, 5) is 2.74. The van der Waals surface area contributed by atoms with E-state index in [2.05, 4.69) is 123 Å². The van der Waals surface area contributed by atoms with Crippen molar-refractivity contribution in [3.8, 4) is 0 Å². The molecule has 0 aliphatic carbocycles. The molecule has 0 fully saturated rings. The first-order valence-electron chi connectivity index (χ1n) is 18.6. The molecule has 0 amide bonds. The van der Waals surface area contributed by atoms with Gasteiger partial charge < -0.3 is 15.5 Å². The van der Waals surface area contributed by atoms with Gasteiger partial charge in [0.05, 0.1) is 6.04 Å². The van der Waals surface area contributed by atoms with E-state index in [-0.39, 0.29) is 0 Å². The maximum Gasteiger partial charge on any atom is 0.0558 e. The molecule has 0 spiro atoms. The van der Waals surface area contributed by atoms with Crippen molar-refractivity contribution in [3.63, 3.8) is 0 Å². The second-order valence-electron chi connectivity index (χ2n) is 16.3. The Bertz CT molecular complexity index is 1620. The summed E-state index contributed by atoms with van der Waals surface area (Å²) >= 11 is 0. The molecule has 0 saturated carbocycles. The largest absolute Gasteiger partial charge is 0.384 e. The van der Waals surface area contributed by atoms with Crippen molar-refractivity contribution in [2.24, 2.45) is 0 Å². The molecule has 2 atom stereocenters. The van der Waals surface area contributed by atoms with E-state index < -0.39 is 0 Å². The van der Waals surface area contributed by atoms with Crippen molar-refractivity contribution >= 4 is 17.1 Å². The predicted molar refractivity (Wildman–Crippen MR) is 201 cm³/mol. The number of rotatable bonds is 9. The molecule has 3 heterocycles. The van der Waals surface area contributed by atoms with Gasteiger partial charge in [0.1, 0.15) is 0 Å². The first-order chi connectivity index (χ1) is 21.8. The van der Waals surface area contributed by atoms with Crippen LogP contribution >= 0.6 is 0 Å². The van der Waals surface area contributed by atoms with Gasteiger partial charge in [-0.1, -0.05) is 101 Å². The lowest BCUT2D eigenvalue weighted by Crippen LogP contribution is -2.19. The lowest BCUT2D eigenvalue weighted by atomic mass is 9.82. The standard InChI is InChI=1S/C43H61N3/c1-13-28(12)30-15-14-29(23(2)3)36-21-46(22-37(30)36)39-20-33(25(6)7)42-35(40(39)26(8)9)19-38(45-42)34-18-32(24(4)5)31-16-17-44-43(31)41(34)27(10)11/h14-15,18,20,23-28,38,44-45H,13,16-17,19,21-22H2,1-12H3. The van der Waals surface area contributed by atoms with Crippen LogP contribution in [0.2, 0.25) is 0 Å². The minimum Gasteiger partial charge on any atom is -0.384 e. The zero-order valence-electron chi connectivity index (χ0n) is 31.0. The highest BCUT2D eigenvalue weighted by Crippen LogP contribution is 2.51. The summed E-state index contributed by atoms with van der Waals surface area (Å²) in [5, 5.41) is 8.03. The highest BCUT2D eigenvalue weighted by atomic mass is 15.2. The summed E-state index contributed by atoms with van der Waals surface area (Å²) in [6.45, 7) is 31.7. The van der Waals surface area contributed by atoms with Gasteiger partial charge in [-0.15, -0.1) is 0 Å². The summed E-state index contributed by atoms with van der Waals surface area (Å²) in [6, 6.07) is 10.4. The van der Waals surface area contributed by atoms with E-state index in [1.807, 2.05) is 0 Å². The van der Waals surface area contributed by atoms with Crippen LogP contribution in [0.25, 0.3) is 0 Å². The number of nitrogens with one attached hydrogen (secondary N) is 2. The Balaban J connectivity index is 1.48. The second kappa shape index (κ2) is 12.6. The number of hydrogen-bond donors (Lipinski definition) is 2. The minimum atomic E-state index is 0.295. The highest BCUT2D eigenvalue weighted by Gasteiger charge is 2.36. The monoisotopic (exact) mass is 619 g/mol. The third kappa shape index (κ3) is 5.44. The Morgan fingerprint density at radius 3 is 1.85 bits per heavy atom. The summed E-state index contributed by atoms with van der Waals surface area (Å²) in [6.07, 6.45) is 3.39. The number of hydrogen-bond acceptors (Lipinski definition) is 3. The predicted octanol–water partition coefficient (Wildman–Crippen LogP) is 12.0. The molecule has 46 heavy (non-hydrogen) atoms. The van der Waals surface area contributed by atoms with Gasteiger partial charge in [0.25, 0.3) is 0 Å². The van der Waals surface area contributed by atoms with Gasteiger partial charge in [-0.2, -0.15) is 0 Å². The van der Waals surface area contributed by atoms with E-state index in [9.17, 15) is 0 Å². The summed E-state index contributed by atoms with van der Waals surface area (Å²) in [5.74, 6) is 3.02. The van der Waals surface area contributed by atoms with Crippen LogP contribution in [0.4, 0.5) is 17.1 Å². The van der Waals surface area contributed by atoms with Crippen LogP contribution in [0, 0.1) is 0 Å². The van der Waals surface area contributed by atoms with Gasteiger partial charge in [0.15, 0.2) is 0 Å². The molecule has 6 rings (SSSR count). The molecule has 0 bridgehead atoms. The normalized spacial score (nSPS) is 17.8. The lowest BCUT2D eigenvalue weighted by Gasteiger charge is -2.28. The van der Waals surface area contributed by atoms with Crippen molar-refractivity contribution in [1.29, 1.82) is 0 Å². The third-order valence-corrected chi connectivity index (χ3v) is 11.5. The van der Waals surface area contributed by atoms with Crippen molar-refractivity contribution in [2.75, 3.05) is 22.1 Å². The number of nitrogens with zero attached hydrogens (tertiary/aromatic N) is 1. The zero-order valence-corrected chi connectivity index (χ0v) is 31.0. The smallest absolute Gasteiger partial charge is 0.0558 e. The Labute approximate surface area is 281 Å². The average Bonchev–Trinajstić information content (AvgIpc) is 3.76. The number of fused-ring (bicyclic) bond motifs is 3. The maximum absolute atomic E-state index is 4.19. The van der Waals surface area contributed by atoms with Gasteiger partial charge in [0, 0.05) is 36.7 Å². The molecule has 3 nitrogen and oxygen atoms in total. The Hall–Kier alpha value is -2.94. The van der Waals surface area contributed by atoms with Crippen molar-refractivity contribution < 1.29 is 0 Å². The quantitative estimate of drug-likeness (QED) is 0.249. The molecule has 0 aromatic heterocycles. The zero-order chi connectivity index (χ0) is 33.2. The van der Waals surface area contributed by atoms with Crippen LogP contribution in [0.3, 0.4) is 0 Å². The van der Waals surface area contributed by atoms with E-state index in [0.717, 1.165) is 32.5 Å². The van der Waals surface area contributed by atoms with Gasteiger partial charge in [-0.3, -0.25) is 0 Å². The summed E-state index contributed by atoms with van der Waals surface area (Å²) in [7, 11) is 0. The van der Waals surface area contributed by atoms with Crippen LogP contribution in [0.15, 0.2) is 24.3 Å². The van der Waals surface area contributed by atoms with Crippen LogP contribution in [0.1, 0.15) is 192 Å².